The van der Waals surface area contributed by atoms with Crippen molar-refractivity contribution in [1.29, 1.82) is 0 Å². The Hall–Kier alpha value is -1.24. The molecule has 5 nitrogen and oxygen atoms in total. The van der Waals surface area contributed by atoms with Gasteiger partial charge in [-0.05, 0) is 37.9 Å². The van der Waals surface area contributed by atoms with Gasteiger partial charge < -0.3 is 15.5 Å². The largest absolute Gasteiger partial charge is 0.334 e. The van der Waals surface area contributed by atoms with Crippen LogP contribution in [0.15, 0.2) is 29.2 Å². The molecule has 0 saturated carbocycles. The van der Waals surface area contributed by atoms with E-state index in [0.29, 0.717) is 6.54 Å². The lowest BCUT2D eigenvalue weighted by Crippen LogP contribution is -2.51. The molecule has 2 rings (SSSR count). The Morgan fingerprint density at radius 3 is 2.48 bits per heavy atom. The quantitative estimate of drug-likeness (QED) is 0.779. The number of rotatable bonds is 6. The van der Waals surface area contributed by atoms with Crippen molar-refractivity contribution >= 4 is 17.8 Å². The number of urea groups is 1. The zero-order chi connectivity index (χ0) is 16.7. The van der Waals surface area contributed by atoms with Gasteiger partial charge in [0, 0.05) is 50.2 Å². The molecule has 128 valence electrons. The van der Waals surface area contributed by atoms with E-state index in [-0.39, 0.29) is 12.1 Å². The predicted octanol–water partition coefficient (Wildman–Crippen LogP) is 1.84. The van der Waals surface area contributed by atoms with E-state index < -0.39 is 0 Å². The first kappa shape index (κ1) is 18.1. The van der Waals surface area contributed by atoms with Gasteiger partial charge in [-0.1, -0.05) is 12.1 Å². The van der Waals surface area contributed by atoms with Crippen molar-refractivity contribution in [2.45, 2.75) is 24.4 Å². The lowest BCUT2D eigenvalue weighted by atomic mass is 10.2. The van der Waals surface area contributed by atoms with Crippen LogP contribution in [0.2, 0.25) is 0 Å². The molecule has 0 spiro atoms. The van der Waals surface area contributed by atoms with Crippen LogP contribution < -0.4 is 10.6 Å². The standard InChI is InChI=1S/C17H28N4OS/c1-14(13-21-10-8-20(2)9-11-21)19-17(22)18-12-15-4-6-16(23-3)7-5-15/h4-7,14H,8-13H2,1-3H3,(H2,18,19,22)/t14-/m0/s1. The zero-order valence-electron chi connectivity index (χ0n) is 14.3. The minimum absolute atomic E-state index is 0.0967. The molecule has 0 radical (unpaired) electrons. The molecule has 1 aromatic rings. The summed E-state index contributed by atoms with van der Waals surface area (Å²) in [4.78, 5) is 18.0. The predicted molar refractivity (Wildman–Crippen MR) is 97.0 cm³/mol. The first-order chi connectivity index (χ1) is 11.1. The van der Waals surface area contributed by atoms with Crippen LogP contribution in [0.3, 0.4) is 0 Å². The average molecular weight is 337 g/mol. The number of amides is 2. The molecule has 2 N–H and O–H groups in total. The highest BCUT2D eigenvalue weighted by Gasteiger charge is 2.16. The molecule has 1 aromatic carbocycles. The monoisotopic (exact) mass is 336 g/mol. The number of hydrogen-bond donors (Lipinski definition) is 2. The molecular formula is C17H28N4OS. The molecule has 1 saturated heterocycles. The van der Waals surface area contributed by atoms with E-state index in [0.717, 1.165) is 38.3 Å². The Morgan fingerprint density at radius 2 is 1.87 bits per heavy atom. The van der Waals surface area contributed by atoms with Gasteiger partial charge >= 0.3 is 6.03 Å². The van der Waals surface area contributed by atoms with Crippen LogP contribution in [0.4, 0.5) is 4.79 Å². The van der Waals surface area contributed by atoms with E-state index in [1.165, 1.54) is 4.90 Å². The summed E-state index contributed by atoms with van der Waals surface area (Å²) in [6.45, 7) is 7.88. The van der Waals surface area contributed by atoms with Crippen molar-refractivity contribution in [3.63, 3.8) is 0 Å². The lowest BCUT2D eigenvalue weighted by molar-refractivity contribution is 0.144. The number of nitrogens with zero attached hydrogens (tertiary/aromatic N) is 2. The average Bonchev–Trinajstić information content (AvgIpc) is 2.55. The zero-order valence-corrected chi connectivity index (χ0v) is 15.2. The van der Waals surface area contributed by atoms with Crippen LogP contribution >= 0.6 is 11.8 Å². The van der Waals surface area contributed by atoms with Gasteiger partial charge in [0.15, 0.2) is 0 Å². The Kier molecular flexibility index (Phi) is 7.20. The minimum atomic E-state index is -0.0967. The molecule has 1 aliphatic heterocycles. The third-order valence-electron chi connectivity index (χ3n) is 4.12. The third-order valence-corrected chi connectivity index (χ3v) is 4.86. The fourth-order valence-corrected chi connectivity index (χ4v) is 3.07. The van der Waals surface area contributed by atoms with Crippen LogP contribution in [0.5, 0.6) is 0 Å². The fraction of sp³-hybridized carbons (Fsp3) is 0.588. The van der Waals surface area contributed by atoms with E-state index in [1.54, 1.807) is 11.8 Å². The molecule has 1 fully saturated rings. The maximum absolute atomic E-state index is 12.0. The summed E-state index contributed by atoms with van der Waals surface area (Å²) >= 11 is 1.72. The second-order valence-corrected chi connectivity index (χ2v) is 7.06. The molecule has 0 aromatic heterocycles. The molecule has 0 bridgehead atoms. The summed E-state index contributed by atoms with van der Waals surface area (Å²) in [5, 5.41) is 5.95. The van der Waals surface area contributed by atoms with Crippen LogP contribution in [0.25, 0.3) is 0 Å². The van der Waals surface area contributed by atoms with Crippen molar-refractivity contribution in [1.82, 2.24) is 20.4 Å². The maximum atomic E-state index is 12.0. The number of thioether (sulfide) groups is 1. The molecule has 1 heterocycles. The molecule has 6 heteroatoms. The first-order valence-electron chi connectivity index (χ1n) is 8.15. The van der Waals surface area contributed by atoms with E-state index in [1.807, 2.05) is 0 Å². The van der Waals surface area contributed by atoms with Gasteiger partial charge in [0.25, 0.3) is 0 Å². The molecule has 23 heavy (non-hydrogen) atoms. The van der Waals surface area contributed by atoms with Gasteiger partial charge in [-0.15, -0.1) is 11.8 Å². The highest BCUT2D eigenvalue weighted by atomic mass is 32.2. The summed E-state index contributed by atoms with van der Waals surface area (Å²) in [5.74, 6) is 0. The van der Waals surface area contributed by atoms with Gasteiger partial charge in [0.05, 0.1) is 0 Å². The molecule has 1 aliphatic rings. The Balaban J connectivity index is 1.67. The molecule has 1 atom stereocenters. The summed E-state index contributed by atoms with van der Waals surface area (Å²) < 4.78 is 0. The second kappa shape index (κ2) is 9.15. The van der Waals surface area contributed by atoms with Gasteiger partial charge in [-0.3, -0.25) is 4.90 Å². The van der Waals surface area contributed by atoms with Crippen LogP contribution in [0.1, 0.15) is 12.5 Å². The first-order valence-corrected chi connectivity index (χ1v) is 9.37. The normalized spacial score (nSPS) is 17.7. The maximum Gasteiger partial charge on any atom is 0.315 e. The van der Waals surface area contributed by atoms with Crippen molar-refractivity contribution in [3.8, 4) is 0 Å². The Labute approximate surface area is 143 Å². The summed E-state index contributed by atoms with van der Waals surface area (Å²) in [6.07, 6.45) is 2.06. The number of likely N-dealkylation sites (N-methyl/N-ethyl adjacent to an activating group) is 1. The van der Waals surface area contributed by atoms with Crippen molar-refractivity contribution in [2.24, 2.45) is 0 Å². The molecule has 2 amide bonds. The minimum Gasteiger partial charge on any atom is -0.334 e. The third kappa shape index (κ3) is 6.41. The summed E-state index contributed by atoms with van der Waals surface area (Å²) in [7, 11) is 2.15. The van der Waals surface area contributed by atoms with E-state index in [4.69, 9.17) is 0 Å². The number of carbonyl (C=O) groups excluding carboxylic acids is 1. The van der Waals surface area contributed by atoms with Crippen LogP contribution in [0, 0.1) is 0 Å². The number of piperazine rings is 1. The van der Waals surface area contributed by atoms with Gasteiger partial charge in [-0.25, -0.2) is 4.79 Å². The summed E-state index contributed by atoms with van der Waals surface area (Å²) in [6, 6.07) is 8.32. The fourth-order valence-electron chi connectivity index (χ4n) is 2.66. The Bertz CT molecular complexity index is 486. The van der Waals surface area contributed by atoms with E-state index >= 15 is 0 Å². The summed E-state index contributed by atoms with van der Waals surface area (Å²) in [5.41, 5.74) is 1.12. The number of carbonyl (C=O) groups is 1. The SMILES string of the molecule is CSc1ccc(CNC(=O)N[C@@H](C)CN2CCN(C)CC2)cc1. The molecule has 0 aliphatic carbocycles. The number of nitrogens with one attached hydrogen (secondary N) is 2. The molecular weight excluding hydrogens is 308 g/mol. The lowest BCUT2D eigenvalue weighted by Gasteiger charge is -2.34. The van der Waals surface area contributed by atoms with Gasteiger partial charge in [0.2, 0.25) is 0 Å². The van der Waals surface area contributed by atoms with Crippen LogP contribution in [-0.4, -0.2) is 67.9 Å². The van der Waals surface area contributed by atoms with Crippen molar-refractivity contribution in [3.05, 3.63) is 29.8 Å². The number of hydrogen-bond acceptors (Lipinski definition) is 4. The topological polar surface area (TPSA) is 47.6 Å². The second-order valence-electron chi connectivity index (χ2n) is 6.18. The van der Waals surface area contributed by atoms with Crippen molar-refractivity contribution < 1.29 is 4.79 Å². The van der Waals surface area contributed by atoms with Crippen molar-refractivity contribution in [2.75, 3.05) is 46.0 Å². The van der Waals surface area contributed by atoms with Gasteiger partial charge in [0.1, 0.15) is 0 Å². The number of benzene rings is 1. The molecule has 0 unspecified atom stereocenters. The van der Waals surface area contributed by atoms with Crippen LogP contribution in [-0.2, 0) is 6.54 Å². The highest BCUT2D eigenvalue weighted by molar-refractivity contribution is 7.98. The van der Waals surface area contributed by atoms with E-state index in [9.17, 15) is 4.79 Å². The Morgan fingerprint density at radius 1 is 1.22 bits per heavy atom. The smallest absolute Gasteiger partial charge is 0.315 e. The highest BCUT2D eigenvalue weighted by Crippen LogP contribution is 2.14. The van der Waals surface area contributed by atoms with Gasteiger partial charge in [-0.2, -0.15) is 0 Å². The van der Waals surface area contributed by atoms with E-state index in [2.05, 4.69) is 64.9 Å².